The highest BCUT2D eigenvalue weighted by atomic mass is 32.1. The zero-order chi connectivity index (χ0) is 21.7. The fraction of sp³-hybridized carbons (Fsp3) is 0.0476. The Hall–Kier alpha value is -3.85. The number of nitro groups is 1. The molecule has 0 atom stereocenters. The molecule has 9 heteroatoms. The summed E-state index contributed by atoms with van der Waals surface area (Å²) < 4.78 is 18.0. The van der Waals surface area contributed by atoms with Crippen molar-refractivity contribution in [3.8, 4) is 11.1 Å². The molecule has 0 aliphatic rings. The molecule has 7 nitrogen and oxygen atoms in total. The van der Waals surface area contributed by atoms with Crippen molar-refractivity contribution in [3.05, 3.63) is 87.0 Å². The number of nitro benzene ring substituents is 1. The van der Waals surface area contributed by atoms with Gasteiger partial charge in [0.05, 0.1) is 12.0 Å². The molecule has 0 aliphatic heterocycles. The molecule has 0 bridgehead atoms. The molecule has 0 spiro atoms. The minimum absolute atomic E-state index is 0.0901. The number of carbonyl (C=O) groups is 2. The molecule has 0 saturated heterocycles. The third kappa shape index (κ3) is 4.76. The Balaban J connectivity index is 1.84. The van der Waals surface area contributed by atoms with Gasteiger partial charge in [-0.25, -0.2) is 9.18 Å². The number of halogens is 1. The van der Waals surface area contributed by atoms with Crippen LogP contribution in [0.5, 0.6) is 0 Å². The summed E-state index contributed by atoms with van der Waals surface area (Å²) in [6.45, 7) is 0. The highest BCUT2D eigenvalue weighted by Gasteiger charge is 2.22. The molecular formula is C21H15FN2O5S. The number of rotatable bonds is 6. The van der Waals surface area contributed by atoms with Gasteiger partial charge in [0.15, 0.2) is 0 Å². The zero-order valence-electron chi connectivity index (χ0n) is 15.6. The third-order valence-electron chi connectivity index (χ3n) is 4.08. The maximum atomic E-state index is 13.2. The molecule has 2 aromatic carbocycles. The van der Waals surface area contributed by atoms with Crippen molar-refractivity contribution < 1.29 is 23.6 Å². The van der Waals surface area contributed by atoms with Gasteiger partial charge in [0.1, 0.15) is 16.4 Å². The van der Waals surface area contributed by atoms with Crippen molar-refractivity contribution in [2.45, 2.75) is 0 Å². The summed E-state index contributed by atoms with van der Waals surface area (Å²) in [6.07, 6.45) is 2.63. The van der Waals surface area contributed by atoms with E-state index in [-0.39, 0.29) is 16.3 Å². The van der Waals surface area contributed by atoms with Crippen molar-refractivity contribution >= 4 is 40.0 Å². The second-order valence-corrected chi connectivity index (χ2v) is 6.91. The smallest absolute Gasteiger partial charge is 0.341 e. The van der Waals surface area contributed by atoms with Crippen molar-refractivity contribution in [1.82, 2.24) is 0 Å². The largest absolute Gasteiger partial charge is 0.465 e. The Morgan fingerprint density at radius 3 is 2.60 bits per heavy atom. The predicted octanol–water partition coefficient (Wildman–Crippen LogP) is 4.90. The molecule has 0 aliphatic carbocycles. The van der Waals surface area contributed by atoms with E-state index in [1.54, 1.807) is 11.4 Å². The first-order valence-electron chi connectivity index (χ1n) is 8.58. The van der Waals surface area contributed by atoms with Crippen molar-refractivity contribution in [2.24, 2.45) is 0 Å². The number of carbonyl (C=O) groups excluding carboxylic acids is 2. The molecule has 0 saturated carbocycles. The average molecular weight is 426 g/mol. The maximum Gasteiger partial charge on any atom is 0.341 e. The van der Waals surface area contributed by atoms with Crippen molar-refractivity contribution in [3.63, 3.8) is 0 Å². The standard InChI is InChI=1S/C21H15FN2O5S/c1-29-21(26)19-17(14-6-8-15(22)9-7-14)12-30-20(19)23-18(25)10-5-13-3-2-4-16(11-13)24(27)28/h2-12H,1H3,(H,23,25)/b10-5+. The average Bonchev–Trinajstić information content (AvgIpc) is 3.15. The van der Waals surface area contributed by atoms with E-state index < -0.39 is 22.6 Å². The van der Waals surface area contributed by atoms with E-state index in [0.717, 1.165) is 11.3 Å². The Morgan fingerprint density at radius 1 is 1.20 bits per heavy atom. The first-order chi connectivity index (χ1) is 14.4. The third-order valence-corrected chi connectivity index (χ3v) is 4.98. The second-order valence-electron chi connectivity index (χ2n) is 6.03. The number of hydrogen-bond donors (Lipinski definition) is 1. The lowest BCUT2D eigenvalue weighted by Gasteiger charge is -2.06. The Bertz CT molecular complexity index is 1140. The molecule has 1 heterocycles. The van der Waals surface area contributed by atoms with Crippen LogP contribution in [0, 0.1) is 15.9 Å². The van der Waals surface area contributed by atoms with Gasteiger partial charge < -0.3 is 10.1 Å². The van der Waals surface area contributed by atoms with Crippen LogP contribution in [0.25, 0.3) is 17.2 Å². The minimum Gasteiger partial charge on any atom is -0.465 e. The molecule has 0 fully saturated rings. The summed E-state index contributed by atoms with van der Waals surface area (Å²) in [5.74, 6) is -1.58. The summed E-state index contributed by atoms with van der Waals surface area (Å²) in [5, 5.41) is 15.4. The Morgan fingerprint density at radius 2 is 1.93 bits per heavy atom. The number of non-ortho nitro benzene ring substituents is 1. The van der Waals surface area contributed by atoms with Crippen LogP contribution in [0.1, 0.15) is 15.9 Å². The quantitative estimate of drug-likeness (QED) is 0.262. The topological polar surface area (TPSA) is 98.5 Å². The van der Waals surface area contributed by atoms with E-state index in [9.17, 15) is 24.1 Å². The molecule has 152 valence electrons. The molecule has 3 rings (SSSR count). The fourth-order valence-corrected chi connectivity index (χ4v) is 3.62. The van der Waals surface area contributed by atoms with Crippen LogP contribution in [0.15, 0.2) is 60.0 Å². The van der Waals surface area contributed by atoms with Gasteiger partial charge in [-0.05, 0) is 29.3 Å². The minimum atomic E-state index is -0.645. The van der Waals surface area contributed by atoms with E-state index in [1.165, 1.54) is 61.7 Å². The number of methoxy groups -OCH3 is 1. The lowest BCUT2D eigenvalue weighted by atomic mass is 10.0. The van der Waals surface area contributed by atoms with E-state index in [4.69, 9.17) is 4.74 Å². The molecule has 1 amide bonds. The van der Waals surface area contributed by atoms with Crippen LogP contribution in [0.3, 0.4) is 0 Å². The molecule has 0 radical (unpaired) electrons. The van der Waals surface area contributed by atoms with Gasteiger partial charge in [-0.2, -0.15) is 0 Å². The van der Waals surface area contributed by atoms with Gasteiger partial charge >= 0.3 is 5.97 Å². The van der Waals surface area contributed by atoms with E-state index in [0.29, 0.717) is 16.7 Å². The van der Waals surface area contributed by atoms with Crippen LogP contribution in [-0.2, 0) is 9.53 Å². The molecule has 0 unspecified atom stereocenters. The monoisotopic (exact) mass is 426 g/mol. The number of amides is 1. The molecular weight excluding hydrogens is 411 g/mol. The number of anilines is 1. The van der Waals surface area contributed by atoms with E-state index in [2.05, 4.69) is 5.32 Å². The van der Waals surface area contributed by atoms with Gasteiger partial charge in [-0.1, -0.05) is 24.3 Å². The summed E-state index contributed by atoms with van der Waals surface area (Å²) >= 11 is 1.13. The van der Waals surface area contributed by atoms with Crippen LogP contribution in [-0.4, -0.2) is 23.9 Å². The van der Waals surface area contributed by atoms with Gasteiger partial charge in [-0.3, -0.25) is 14.9 Å². The number of hydrogen-bond acceptors (Lipinski definition) is 6. The number of ether oxygens (including phenoxy) is 1. The van der Waals surface area contributed by atoms with Crippen LogP contribution >= 0.6 is 11.3 Å². The first kappa shape index (κ1) is 20.9. The summed E-state index contributed by atoms with van der Waals surface area (Å²) in [6, 6.07) is 11.4. The molecule has 3 aromatic rings. The highest BCUT2D eigenvalue weighted by Crippen LogP contribution is 2.36. The SMILES string of the molecule is COC(=O)c1c(-c2ccc(F)cc2)csc1NC(=O)/C=C/c1cccc([N+](=O)[O-])c1. The first-order valence-corrected chi connectivity index (χ1v) is 9.46. The van der Waals surface area contributed by atoms with E-state index >= 15 is 0 Å². The lowest BCUT2D eigenvalue weighted by Crippen LogP contribution is -2.11. The van der Waals surface area contributed by atoms with E-state index in [1.807, 2.05) is 0 Å². The fourth-order valence-electron chi connectivity index (χ4n) is 2.66. The Labute approximate surface area is 174 Å². The maximum absolute atomic E-state index is 13.2. The number of esters is 1. The van der Waals surface area contributed by atoms with Gasteiger partial charge in [-0.15, -0.1) is 11.3 Å². The number of thiophene rings is 1. The summed E-state index contributed by atoms with van der Waals surface area (Å²) in [5.41, 5.74) is 1.65. The summed E-state index contributed by atoms with van der Waals surface area (Å²) in [4.78, 5) is 34.9. The normalized spacial score (nSPS) is 10.7. The predicted molar refractivity (Wildman–Crippen MR) is 112 cm³/mol. The van der Waals surface area contributed by atoms with Gasteiger partial charge in [0.2, 0.25) is 5.91 Å². The van der Waals surface area contributed by atoms with Crippen molar-refractivity contribution in [2.75, 3.05) is 12.4 Å². The number of benzene rings is 2. The van der Waals surface area contributed by atoms with Crippen LogP contribution in [0.4, 0.5) is 15.1 Å². The molecule has 30 heavy (non-hydrogen) atoms. The number of nitrogens with one attached hydrogen (secondary N) is 1. The zero-order valence-corrected chi connectivity index (χ0v) is 16.4. The second kappa shape index (κ2) is 9.10. The van der Waals surface area contributed by atoms with Gasteiger partial charge in [0, 0.05) is 29.2 Å². The highest BCUT2D eigenvalue weighted by molar-refractivity contribution is 7.15. The van der Waals surface area contributed by atoms with Gasteiger partial charge in [0.25, 0.3) is 5.69 Å². The molecule has 1 N–H and O–H groups in total. The van der Waals surface area contributed by atoms with Crippen LogP contribution < -0.4 is 5.32 Å². The van der Waals surface area contributed by atoms with Crippen molar-refractivity contribution in [1.29, 1.82) is 0 Å². The Kier molecular flexibility index (Phi) is 6.33. The number of nitrogens with zero attached hydrogens (tertiary/aromatic N) is 1. The summed E-state index contributed by atoms with van der Waals surface area (Å²) in [7, 11) is 1.22. The van der Waals surface area contributed by atoms with Crippen LogP contribution in [0.2, 0.25) is 0 Å². The molecule has 1 aromatic heterocycles. The lowest BCUT2D eigenvalue weighted by molar-refractivity contribution is -0.384.